The lowest BCUT2D eigenvalue weighted by molar-refractivity contribution is 0.0651. The lowest BCUT2D eigenvalue weighted by Crippen LogP contribution is -2.14. The molecule has 2 rings (SSSR count). The Labute approximate surface area is 144 Å². The summed E-state index contributed by atoms with van der Waals surface area (Å²) in [5, 5.41) is 18.1. The molecule has 0 aromatic heterocycles. The minimum Gasteiger partial charge on any atom is -0.478 e. The molecule has 0 aliphatic carbocycles. The zero-order chi connectivity index (χ0) is 18.8. The largest absolute Gasteiger partial charge is 0.478 e. The SMILES string of the molecule is CC(C)c1ccccc1OS(=O)(=O)c1ccc(C(=O)O)c(C(=O)O)c1. The smallest absolute Gasteiger partial charge is 0.339 e. The van der Waals surface area contributed by atoms with Gasteiger partial charge in [-0.3, -0.25) is 0 Å². The highest BCUT2D eigenvalue weighted by molar-refractivity contribution is 7.87. The number of hydrogen-bond acceptors (Lipinski definition) is 5. The summed E-state index contributed by atoms with van der Waals surface area (Å²) < 4.78 is 30.1. The number of rotatable bonds is 6. The molecule has 0 spiro atoms. The summed E-state index contributed by atoms with van der Waals surface area (Å²) in [5.41, 5.74) is -0.463. The van der Waals surface area contributed by atoms with Crippen molar-refractivity contribution in [3.63, 3.8) is 0 Å². The monoisotopic (exact) mass is 364 g/mol. The predicted molar refractivity (Wildman–Crippen MR) is 88.7 cm³/mol. The van der Waals surface area contributed by atoms with E-state index >= 15 is 0 Å². The Balaban J connectivity index is 2.49. The maximum atomic E-state index is 12.5. The number of carbonyl (C=O) groups is 2. The second-order valence-electron chi connectivity index (χ2n) is 5.55. The fraction of sp³-hybridized carbons (Fsp3) is 0.176. The molecule has 0 saturated heterocycles. The Kier molecular flexibility index (Phi) is 5.13. The molecule has 0 unspecified atom stereocenters. The first-order valence-electron chi connectivity index (χ1n) is 7.27. The van der Waals surface area contributed by atoms with E-state index in [2.05, 4.69) is 0 Å². The van der Waals surface area contributed by atoms with Crippen molar-refractivity contribution in [2.24, 2.45) is 0 Å². The third kappa shape index (κ3) is 3.97. The molecular weight excluding hydrogens is 348 g/mol. The van der Waals surface area contributed by atoms with Crippen LogP contribution in [0.4, 0.5) is 0 Å². The van der Waals surface area contributed by atoms with E-state index in [9.17, 15) is 18.0 Å². The highest BCUT2D eigenvalue weighted by atomic mass is 32.2. The molecule has 0 bridgehead atoms. The Morgan fingerprint density at radius 2 is 1.56 bits per heavy atom. The fourth-order valence-electron chi connectivity index (χ4n) is 2.24. The van der Waals surface area contributed by atoms with Crippen LogP contribution in [0.5, 0.6) is 5.75 Å². The molecule has 0 aliphatic rings. The average Bonchev–Trinajstić information content (AvgIpc) is 2.54. The molecule has 0 heterocycles. The Morgan fingerprint density at radius 3 is 2.12 bits per heavy atom. The maximum Gasteiger partial charge on any atom is 0.339 e. The number of aromatic carboxylic acids is 2. The van der Waals surface area contributed by atoms with Crippen LogP contribution in [0.1, 0.15) is 46.0 Å². The van der Waals surface area contributed by atoms with Crippen molar-refractivity contribution < 1.29 is 32.4 Å². The second-order valence-corrected chi connectivity index (χ2v) is 7.09. The molecule has 0 amide bonds. The number of benzene rings is 2. The zero-order valence-electron chi connectivity index (χ0n) is 13.5. The van der Waals surface area contributed by atoms with Gasteiger partial charge in [-0.1, -0.05) is 32.0 Å². The summed E-state index contributed by atoms with van der Waals surface area (Å²) in [6, 6.07) is 9.30. The standard InChI is InChI=1S/C17H16O7S/c1-10(2)12-5-3-4-6-15(12)24-25(22,23)11-7-8-13(16(18)19)14(9-11)17(20)21/h3-10H,1-2H3,(H,18,19)(H,20,21). The van der Waals surface area contributed by atoms with E-state index in [4.69, 9.17) is 14.4 Å². The number of para-hydroxylation sites is 1. The fourth-order valence-corrected chi connectivity index (χ4v) is 3.22. The van der Waals surface area contributed by atoms with Gasteiger partial charge >= 0.3 is 22.1 Å². The molecule has 0 aliphatic heterocycles. The van der Waals surface area contributed by atoms with Gasteiger partial charge in [0.25, 0.3) is 0 Å². The predicted octanol–water partition coefficient (Wildman–Crippen LogP) is 2.97. The van der Waals surface area contributed by atoms with Gasteiger partial charge in [0.15, 0.2) is 0 Å². The van der Waals surface area contributed by atoms with Crippen LogP contribution in [0, 0.1) is 0 Å². The molecule has 2 N–H and O–H groups in total. The van der Waals surface area contributed by atoms with E-state index in [0.29, 0.717) is 5.56 Å². The highest BCUT2D eigenvalue weighted by Crippen LogP contribution is 2.29. The van der Waals surface area contributed by atoms with Crippen molar-refractivity contribution in [1.29, 1.82) is 0 Å². The van der Waals surface area contributed by atoms with E-state index < -0.39 is 38.1 Å². The van der Waals surface area contributed by atoms with Crippen LogP contribution in [-0.2, 0) is 10.1 Å². The van der Waals surface area contributed by atoms with Gasteiger partial charge in [-0.15, -0.1) is 0 Å². The average molecular weight is 364 g/mol. The first-order valence-corrected chi connectivity index (χ1v) is 8.68. The van der Waals surface area contributed by atoms with Crippen molar-refractivity contribution in [2.45, 2.75) is 24.7 Å². The van der Waals surface area contributed by atoms with Crippen LogP contribution < -0.4 is 4.18 Å². The topological polar surface area (TPSA) is 118 Å². The normalized spacial score (nSPS) is 11.3. The van der Waals surface area contributed by atoms with Crippen molar-refractivity contribution in [3.8, 4) is 5.75 Å². The highest BCUT2D eigenvalue weighted by Gasteiger charge is 2.24. The van der Waals surface area contributed by atoms with Gasteiger partial charge in [-0.05, 0) is 35.7 Å². The van der Waals surface area contributed by atoms with E-state index in [-0.39, 0.29) is 11.7 Å². The molecule has 132 valence electrons. The van der Waals surface area contributed by atoms with Crippen LogP contribution in [0.3, 0.4) is 0 Å². The number of hydrogen-bond donors (Lipinski definition) is 2. The van der Waals surface area contributed by atoms with Gasteiger partial charge < -0.3 is 14.4 Å². The molecule has 0 atom stereocenters. The Morgan fingerprint density at radius 1 is 0.960 bits per heavy atom. The van der Waals surface area contributed by atoms with Gasteiger partial charge in [-0.2, -0.15) is 8.42 Å². The summed E-state index contributed by atoms with van der Waals surface area (Å²) in [7, 11) is -4.32. The van der Waals surface area contributed by atoms with Crippen molar-refractivity contribution >= 4 is 22.1 Å². The molecule has 7 nitrogen and oxygen atoms in total. The number of carboxylic acid groups (broad SMARTS) is 2. The number of carboxylic acids is 2. The summed E-state index contributed by atoms with van der Waals surface area (Å²) in [6.45, 7) is 3.75. The first-order chi connectivity index (χ1) is 11.6. The minimum absolute atomic E-state index is 0.00960. The molecule has 8 heteroatoms. The Bertz CT molecular complexity index is 930. The van der Waals surface area contributed by atoms with Crippen LogP contribution in [0.25, 0.3) is 0 Å². The van der Waals surface area contributed by atoms with E-state index in [1.165, 1.54) is 6.07 Å². The van der Waals surface area contributed by atoms with E-state index in [0.717, 1.165) is 18.2 Å². The third-order valence-electron chi connectivity index (χ3n) is 3.48. The molecule has 0 saturated carbocycles. The van der Waals surface area contributed by atoms with Gasteiger partial charge in [0.05, 0.1) is 11.1 Å². The first kappa shape index (κ1) is 18.5. The van der Waals surface area contributed by atoms with E-state index in [1.807, 2.05) is 13.8 Å². The molecule has 0 fully saturated rings. The van der Waals surface area contributed by atoms with Crippen LogP contribution in [0.2, 0.25) is 0 Å². The molecule has 2 aromatic rings. The summed E-state index contributed by atoms with van der Waals surface area (Å²) >= 11 is 0. The summed E-state index contributed by atoms with van der Waals surface area (Å²) in [6.07, 6.45) is 0. The minimum atomic E-state index is -4.32. The van der Waals surface area contributed by atoms with Crippen LogP contribution in [0.15, 0.2) is 47.4 Å². The second kappa shape index (κ2) is 6.94. The van der Waals surface area contributed by atoms with Crippen LogP contribution >= 0.6 is 0 Å². The zero-order valence-corrected chi connectivity index (χ0v) is 14.3. The van der Waals surface area contributed by atoms with Crippen molar-refractivity contribution in [3.05, 3.63) is 59.2 Å². The molecule has 2 aromatic carbocycles. The third-order valence-corrected chi connectivity index (χ3v) is 4.71. The molecular formula is C17H16O7S. The van der Waals surface area contributed by atoms with Gasteiger partial charge in [0, 0.05) is 0 Å². The van der Waals surface area contributed by atoms with E-state index in [1.54, 1.807) is 18.2 Å². The Hall–Kier alpha value is -2.87. The quantitative estimate of drug-likeness (QED) is 0.756. The van der Waals surface area contributed by atoms with Crippen molar-refractivity contribution in [2.75, 3.05) is 0 Å². The van der Waals surface area contributed by atoms with Gasteiger partial charge in [-0.25, -0.2) is 9.59 Å². The summed E-state index contributed by atoms with van der Waals surface area (Å²) in [5.74, 6) is -2.86. The summed E-state index contributed by atoms with van der Waals surface area (Å²) in [4.78, 5) is 21.8. The molecule has 25 heavy (non-hydrogen) atoms. The van der Waals surface area contributed by atoms with Crippen LogP contribution in [-0.4, -0.2) is 30.6 Å². The lowest BCUT2D eigenvalue weighted by Gasteiger charge is -2.14. The maximum absolute atomic E-state index is 12.5. The van der Waals surface area contributed by atoms with Gasteiger partial charge in [0.1, 0.15) is 10.6 Å². The van der Waals surface area contributed by atoms with Gasteiger partial charge in [0.2, 0.25) is 0 Å². The lowest BCUT2D eigenvalue weighted by atomic mass is 10.0. The van der Waals surface area contributed by atoms with Crippen molar-refractivity contribution in [1.82, 2.24) is 0 Å². The molecule has 0 radical (unpaired) electrons.